The number of carbonyl (C=O) groups is 2. The van der Waals surface area contributed by atoms with Crippen molar-refractivity contribution < 1.29 is 22.7 Å². The number of para-hydroxylation sites is 1. The van der Waals surface area contributed by atoms with Crippen LogP contribution >= 0.6 is 0 Å². The van der Waals surface area contributed by atoms with Gasteiger partial charge in [0.05, 0.1) is 10.5 Å². The first-order valence-corrected chi connectivity index (χ1v) is 10.0. The zero-order valence-electron chi connectivity index (χ0n) is 14.5. The van der Waals surface area contributed by atoms with E-state index in [0.717, 1.165) is 23.9 Å². The van der Waals surface area contributed by atoms with E-state index in [2.05, 4.69) is 0 Å². The number of benzene rings is 2. The number of carbonyl (C=O) groups excluding carboxylic acids is 2. The predicted octanol–water partition coefficient (Wildman–Crippen LogP) is 2.22. The molecule has 0 N–H and O–H groups in total. The van der Waals surface area contributed by atoms with E-state index >= 15 is 0 Å². The molecule has 0 radical (unpaired) electrons. The van der Waals surface area contributed by atoms with Gasteiger partial charge in [-0.3, -0.25) is 4.79 Å². The molecule has 1 amide bonds. The standard InChI is InChI=1S/C19H19NO5S/c1-13-11-15-5-3-4-6-17(15)20(13)18(21)12-25-19(22)14-7-9-16(10-8-14)26(2,23)24/h3-10,13H,11-12H2,1-2H3. The first-order chi connectivity index (χ1) is 12.3. The topological polar surface area (TPSA) is 80.8 Å². The van der Waals surface area contributed by atoms with E-state index in [-0.39, 0.29) is 29.0 Å². The molecule has 0 aliphatic carbocycles. The number of anilines is 1. The van der Waals surface area contributed by atoms with Crippen molar-refractivity contribution in [2.45, 2.75) is 24.3 Å². The second-order valence-electron chi connectivity index (χ2n) is 6.32. The van der Waals surface area contributed by atoms with Gasteiger partial charge in [0, 0.05) is 18.0 Å². The molecule has 1 aliphatic rings. The number of hydrogen-bond donors (Lipinski definition) is 0. The van der Waals surface area contributed by atoms with Gasteiger partial charge in [-0.2, -0.15) is 0 Å². The number of sulfone groups is 1. The summed E-state index contributed by atoms with van der Waals surface area (Å²) >= 11 is 0. The maximum atomic E-state index is 12.5. The van der Waals surface area contributed by atoms with Crippen LogP contribution < -0.4 is 4.90 Å². The summed E-state index contributed by atoms with van der Waals surface area (Å²) in [5.74, 6) is -0.956. The van der Waals surface area contributed by atoms with Crippen LogP contribution in [0.3, 0.4) is 0 Å². The monoisotopic (exact) mass is 373 g/mol. The van der Waals surface area contributed by atoms with Gasteiger partial charge in [-0.15, -0.1) is 0 Å². The second-order valence-corrected chi connectivity index (χ2v) is 8.33. The molecule has 0 saturated carbocycles. The van der Waals surface area contributed by atoms with Crippen molar-refractivity contribution in [3.63, 3.8) is 0 Å². The fourth-order valence-electron chi connectivity index (χ4n) is 3.06. The molecule has 0 aromatic heterocycles. The molecule has 0 bridgehead atoms. The molecular formula is C19H19NO5S. The van der Waals surface area contributed by atoms with Crippen LogP contribution in [0.5, 0.6) is 0 Å². The number of hydrogen-bond acceptors (Lipinski definition) is 5. The highest BCUT2D eigenvalue weighted by Gasteiger charge is 2.31. The summed E-state index contributed by atoms with van der Waals surface area (Å²) in [6.45, 7) is 1.58. The molecule has 0 saturated heterocycles. The Morgan fingerprint density at radius 3 is 2.42 bits per heavy atom. The highest BCUT2D eigenvalue weighted by atomic mass is 32.2. The van der Waals surface area contributed by atoms with Gasteiger partial charge in [-0.25, -0.2) is 13.2 Å². The number of ether oxygens (including phenoxy) is 1. The molecule has 7 heteroatoms. The SMILES string of the molecule is CC1Cc2ccccc2N1C(=O)COC(=O)c1ccc(S(C)(=O)=O)cc1. The van der Waals surface area contributed by atoms with E-state index in [1.807, 2.05) is 31.2 Å². The summed E-state index contributed by atoms with van der Waals surface area (Å²) in [7, 11) is -3.33. The van der Waals surface area contributed by atoms with Crippen LogP contribution in [-0.4, -0.2) is 39.2 Å². The first-order valence-electron chi connectivity index (χ1n) is 8.14. The lowest BCUT2D eigenvalue weighted by Crippen LogP contribution is -2.38. The van der Waals surface area contributed by atoms with Crippen LogP contribution in [0, 0.1) is 0 Å². The summed E-state index contributed by atoms with van der Waals surface area (Å²) in [6, 6.07) is 13.1. The lowest BCUT2D eigenvalue weighted by Gasteiger charge is -2.22. The second kappa shape index (κ2) is 6.92. The third-order valence-corrected chi connectivity index (χ3v) is 5.45. The van der Waals surface area contributed by atoms with Crippen LogP contribution in [0.15, 0.2) is 53.4 Å². The molecule has 1 atom stereocenters. The number of fused-ring (bicyclic) bond motifs is 1. The highest BCUT2D eigenvalue weighted by molar-refractivity contribution is 7.90. The number of esters is 1. The number of amides is 1. The zero-order chi connectivity index (χ0) is 18.9. The summed E-state index contributed by atoms with van der Waals surface area (Å²) in [6.07, 6.45) is 1.86. The Balaban J connectivity index is 1.65. The summed E-state index contributed by atoms with van der Waals surface area (Å²) < 4.78 is 28.0. The van der Waals surface area contributed by atoms with Crippen LogP contribution in [0.2, 0.25) is 0 Å². The van der Waals surface area contributed by atoms with Gasteiger partial charge >= 0.3 is 5.97 Å². The van der Waals surface area contributed by atoms with Gasteiger partial charge in [0.25, 0.3) is 5.91 Å². The first kappa shape index (κ1) is 18.1. The Kier molecular flexibility index (Phi) is 4.82. The van der Waals surface area contributed by atoms with Crippen molar-refractivity contribution in [3.8, 4) is 0 Å². The van der Waals surface area contributed by atoms with Crippen molar-refractivity contribution >= 4 is 27.4 Å². The average Bonchev–Trinajstić information content (AvgIpc) is 2.94. The maximum Gasteiger partial charge on any atom is 0.338 e. The third kappa shape index (κ3) is 3.62. The smallest absolute Gasteiger partial charge is 0.338 e. The van der Waals surface area contributed by atoms with E-state index in [4.69, 9.17) is 4.74 Å². The van der Waals surface area contributed by atoms with Gasteiger partial charge in [0.2, 0.25) is 0 Å². The molecule has 1 unspecified atom stereocenters. The van der Waals surface area contributed by atoms with Crippen LogP contribution in [0.25, 0.3) is 0 Å². The largest absolute Gasteiger partial charge is 0.452 e. The molecule has 0 spiro atoms. The lowest BCUT2D eigenvalue weighted by atomic mass is 10.1. The lowest BCUT2D eigenvalue weighted by molar-refractivity contribution is -0.122. The summed E-state index contributed by atoms with van der Waals surface area (Å²) in [4.78, 5) is 26.4. The predicted molar refractivity (Wildman–Crippen MR) is 96.9 cm³/mol. The quantitative estimate of drug-likeness (QED) is 0.768. The molecule has 136 valence electrons. The van der Waals surface area contributed by atoms with Crippen molar-refractivity contribution in [1.82, 2.24) is 0 Å². The summed E-state index contributed by atoms with van der Waals surface area (Å²) in [5, 5.41) is 0. The molecule has 1 aliphatic heterocycles. The Morgan fingerprint density at radius 2 is 1.77 bits per heavy atom. The summed E-state index contributed by atoms with van der Waals surface area (Å²) in [5.41, 5.74) is 2.13. The van der Waals surface area contributed by atoms with E-state index in [0.29, 0.717) is 0 Å². The van der Waals surface area contributed by atoms with E-state index in [1.165, 1.54) is 24.3 Å². The fourth-order valence-corrected chi connectivity index (χ4v) is 3.69. The molecule has 1 heterocycles. The normalized spacial score (nSPS) is 16.2. The molecular weight excluding hydrogens is 354 g/mol. The average molecular weight is 373 g/mol. The maximum absolute atomic E-state index is 12.5. The number of rotatable bonds is 4. The minimum Gasteiger partial charge on any atom is -0.452 e. The van der Waals surface area contributed by atoms with Gasteiger partial charge in [-0.1, -0.05) is 18.2 Å². The Morgan fingerprint density at radius 1 is 1.12 bits per heavy atom. The molecule has 26 heavy (non-hydrogen) atoms. The Labute approximate surface area is 152 Å². The van der Waals surface area contributed by atoms with Gasteiger partial charge in [0.1, 0.15) is 0 Å². The minimum atomic E-state index is -3.33. The third-order valence-electron chi connectivity index (χ3n) is 4.32. The molecule has 2 aromatic carbocycles. The van der Waals surface area contributed by atoms with Crippen molar-refractivity contribution in [3.05, 3.63) is 59.7 Å². The van der Waals surface area contributed by atoms with Gasteiger partial charge < -0.3 is 9.64 Å². The van der Waals surface area contributed by atoms with E-state index in [1.54, 1.807) is 4.90 Å². The Bertz CT molecular complexity index is 950. The van der Waals surface area contributed by atoms with E-state index in [9.17, 15) is 18.0 Å². The van der Waals surface area contributed by atoms with Crippen LogP contribution in [0.1, 0.15) is 22.8 Å². The van der Waals surface area contributed by atoms with Crippen molar-refractivity contribution in [1.29, 1.82) is 0 Å². The van der Waals surface area contributed by atoms with Crippen molar-refractivity contribution in [2.24, 2.45) is 0 Å². The fraction of sp³-hybridized carbons (Fsp3) is 0.263. The zero-order valence-corrected chi connectivity index (χ0v) is 15.3. The number of nitrogens with zero attached hydrogens (tertiary/aromatic N) is 1. The molecule has 0 fully saturated rings. The van der Waals surface area contributed by atoms with Crippen molar-refractivity contribution in [2.75, 3.05) is 17.8 Å². The molecule has 6 nitrogen and oxygen atoms in total. The molecule has 3 rings (SSSR count). The minimum absolute atomic E-state index is 0.00708. The van der Waals surface area contributed by atoms with E-state index < -0.39 is 15.8 Å². The highest BCUT2D eigenvalue weighted by Crippen LogP contribution is 2.31. The van der Waals surface area contributed by atoms with Crippen LogP contribution in [0.4, 0.5) is 5.69 Å². The molecule has 2 aromatic rings. The van der Waals surface area contributed by atoms with Crippen LogP contribution in [-0.2, 0) is 25.8 Å². The Hall–Kier alpha value is -2.67. The van der Waals surface area contributed by atoms with Gasteiger partial charge in [0.15, 0.2) is 16.4 Å². The van der Waals surface area contributed by atoms with Gasteiger partial charge in [-0.05, 0) is 49.2 Å².